The van der Waals surface area contributed by atoms with Crippen LogP contribution in [0.15, 0.2) is 18.5 Å². The van der Waals surface area contributed by atoms with Gasteiger partial charge in [-0.05, 0) is 31.7 Å². The zero-order chi connectivity index (χ0) is 22.0. The molecule has 2 N–H and O–H groups in total. The zero-order valence-electron chi connectivity index (χ0n) is 17.9. The van der Waals surface area contributed by atoms with Gasteiger partial charge in [0.1, 0.15) is 5.82 Å². The molecule has 0 radical (unpaired) electrons. The Labute approximate surface area is 186 Å². The number of hydrogen-bond donors (Lipinski definition) is 2. The first kappa shape index (κ1) is 21.8. The van der Waals surface area contributed by atoms with E-state index in [1.54, 1.807) is 13.3 Å². The predicted molar refractivity (Wildman–Crippen MR) is 118 cm³/mol. The summed E-state index contributed by atoms with van der Waals surface area (Å²) in [7, 11) is 1.73. The lowest BCUT2D eigenvalue weighted by Crippen LogP contribution is -2.40. The molecule has 0 spiro atoms. The van der Waals surface area contributed by atoms with Crippen LogP contribution >= 0.6 is 11.6 Å². The van der Waals surface area contributed by atoms with E-state index in [2.05, 4.69) is 20.7 Å². The smallest absolute Gasteiger partial charge is 0.228 e. The number of carbonyl (C=O) groups is 2. The minimum Gasteiger partial charge on any atom is -0.381 e. The fourth-order valence-electron chi connectivity index (χ4n) is 4.62. The van der Waals surface area contributed by atoms with Crippen molar-refractivity contribution in [1.29, 1.82) is 0 Å². The van der Waals surface area contributed by atoms with Crippen LogP contribution in [-0.4, -0.2) is 45.8 Å². The van der Waals surface area contributed by atoms with E-state index in [1.165, 1.54) is 6.92 Å². The van der Waals surface area contributed by atoms with Gasteiger partial charge in [-0.3, -0.25) is 14.3 Å². The summed E-state index contributed by atoms with van der Waals surface area (Å²) >= 11 is 6.47. The number of carbonyl (C=O) groups excluding carboxylic acids is 2. The quantitative estimate of drug-likeness (QED) is 0.736. The number of hydrogen-bond acceptors (Lipinski definition) is 5. The van der Waals surface area contributed by atoms with Crippen molar-refractivity contribution >= 4 is 29.2 Å². The highest BCUT2D eigenvalue weighted by Gasteiger charge is 2.28. The maximum atomic E-state index is 12.9. The van der Waals surface area contributed by atoms with Gasteiger partial charge >= 0.3 is 0 Å². The monoisotopic (exact) mass is 445 g/mol. The van der Waals surface area contributed by atoms with Crippen molar-refractivity contribution in [2.24, 2.45) is 5.92 Å². The summed E-state index contributed by atoms with van der Waals surface area (Å²) in [6, 6.07) is 1.85. The second kappa shape index (κ2) is 9.36. The van der Waals surface area contributed by atoms with Crippen LogP contribution in [0, 0.1) is 5.92 Å². The van der Waals surface area contributed by atoms with E-state index in [-0.39, 0.29) is 29.9 Å². The molecule has 1 fully saturated rings. The summed E-state index contributed by atoms with van der Waals surface area (Å²) in [6.45, 7) is 2.31. The van der Waals surface area contributed by atoms with Crippen LogP contribution in [0.5, 0.6) is 0 Å². The van der Waals surface area contributed by atoms with Gasteiger partial charge in [-0.15, -0.1) is 0 Å². The maximum Gasteiger partial charge on any atom is 0.228 e. The van der Waals surface area contributed by atoms with Crippen LogP contribution in [0.25, 0.3) is 11.1 Å². The third-order valence-electron chi connectivity index (χ3n) is 6.22. The van der Waals surface area contributed by atoms with E-state index in [0.717, 1.165) is 55.5 Å². The van der Waals surface area contributed by atoms with Gasteiger partial charge in [0.25, 0.3) is 0 Å². The molecule has 3 atom stereocenters. The fraction of sp³-hybridized carbons (Fsp3) is 0.545. The molecule has 2 aliphatic rings. The Balaban J connectivity index is 1.51. The van der Waals surface area contributed by atoms with E-state index < -0.39 is 0 Å². The van der Waals surface area contributed by atoms with E-state index in [1.807, 2.05) is 16.9 Å². The Morgan fingerprint density at radius 1 is 1.23 bits per heavy atom. The number of ether oxygens (including phenoxy) is 1. The first-order valence-corrected chi connectivity index (χ1v) is 11.1. The molecular formula is C22H28ClN5O3. The molecule has 0 aromatic carbocycles. The highest BCUT2D eigenvalue weighted by molar-refractivity contribution is 6.33. The van der Waals surface area contributed by atoms with Crippen LogP contribution in [-0.2, 0) is 27.3 Å². The molecule has 2 aromatic heterocycles. The van der Waals surface area contributed by atoms with Gasteiger partial charge in [-0.2, -0.15) is 5.10 Å². The Hall–Kier alpha value is -2.45. The SMILES string of the molecule is COC1CCn2ncc(-c3cc(NC(=O)C4CCCC(NC(C)=O)C4)ncc3Cl)c2C1. The minimum atomic E-state index is -0.155. The van der Waals surface area contributed by atoms with Crippen LogP contribution in [0.3, 0.4) is 0 Å². The second-order valence-electron chi connectivity index (χ2n) is 8.38. The summed E-state index contributed by atoms with van der Waals surface area (Å²) in [5.41, 5.74) is 2.81. The lowest BCUT2D eigenvalue weighted by atomic mass is 9.85. The summed E-state index contributed by atoms with van der Waals surface area (Å²) in [6.07, 6.45) is 8.49. The Bertz CT molecular complexity index is 976. The van der Waals surface area contributed by atoms with Gasteiger partial charge in [-0.25, -0.2) is 4.98 Å². The molecule has 3 unspecified atom stereocenters. The number of fused-ring (bicyclic) bond motifs is 1. The van der Waals surface area contributed by atoms with Gasteiger partial charge in [0, 0.05) is 62.0 Å². The second-order valence-corrected chi connectivity index (χ2v) is 8.79. The number of rotatable bonds is 5. The zero-order valence-corrected chi connectivity index (χ0v) is 18.6. The number of aryl methyl sites for hydroxylation is 1. The fourth-order valence-corrected chi connectivity index (χ4v) is 4.82. The molecule has 31 heavy (non-hydrogen) atoms. The van der Waals surface area contributed by atoms with Crippen LogP contribution in [0.2, 0.25) is 5.02 Å². The number of nitrogens with one attached hydrogen (secondary N) is 2. The van der Waals surface area contributed by atoms with E-state index >= 15 is 0 Å². The summed E-state index contributed by atoms with van der Waals surface area (Å²) in [5, 5.41) is 10.9. The topological polar surface area (TPSA) is 98.1 Å². The number of amides is 2. The summed E-state index contributed by atoms with van der Waals surface area (Å²) in [5.74, 6) is 0.172. The predicted octanol–water partition coefficient (Wildman–Crippen LogP) is 3.19. The number of anilines is 1. The maximum absolute atomic E-state index is 12.9. The molecule has 1 aliphatic carbocycles. The molecule has 9 heteroatoms. The Morgan fingerprint density at radius 2 is 2.06 bits per heavy atom. The van der Waals surface area contributed by atoms with Gasteiger partial charge in [-0.1, -0.05) is 18.0 Å². The number of nitrogens with zero attached hydrogens (tertiary/aromatic N) is 3. The standard InChI is InChI=1S/C22H28ClN5O3/c1-13(29)26-15-5-3-4-14(8-15)22(30)27-21-10-17(19(23)12-24-21)18-11-25-28-7-6-16(31-2)9-20(18)28/h10-12,14-16H,3-9H2,1-2H3,(H,26,29)(H,24,27,30). The molecule has 2 amide bonds. The van der Waals surface area contributed by atoms with Crippen molar-refractivity contribution in [1.82, 2.24) is 20.1 Å². The summed E-state index contributed by atoms with van der Waals surface area (Å²) in [4.78, 5) is 28.5. The van der Waals surface area contributed by atoms with E-state index in [0.29, 0.717) is 17.3 Å². The number of methoxy groups -OCH3 is 1. The molecule has 2 aromatic rings. The molecule has 1 saturated carbocycles. The van der Waals surface area contributed by atoms with Crippen molar-refractivity contribution in [3.8, 4) is 11.1 Å². The Kier molecular flexibility index (Phi) is 6.57. The van der Waals surface area contributed by atoms with Crippen molar-refractivity contribution in [2.75, 3.05) is 12.4 Å². The van der Waals surface area contributed by atoms with E-state index in [4.69, 9.17) is 16.3 Å². The molecule has 4 rings (SSSR count). The third kappa shape index (κ3) is 4.91. The average molecular weight is 446 g/mol. The van der Waals surface area contributed by atoms with E-state index in [9.17, 15) is 9.59 Å². The summed E-state index contributed by atoms with van der Waals surface area (Å²) < 4.78 is 7.54. The molecule has 0 saturated heterocycles. The molecule has 8 nitrogen and oxygen atoms in total. The normalized spacial score (nSPS) is 23.1. The van der Waals surface area contributed by atoms with Crippen LogP contribution in [0.1, 0.15) is 44.7 Å². The van der Waals surface area contributed by atoms with Crippen LogP contribution in [0.4, 0.5) is 5.82 Å². The largest absolute Gasteiger partial charge is 0.381 e. The minimum absolute atomic E-state index is 0.0448. The number of halogens is 1. The van der Waals surface area contributed by atoms with Gasteiger partial charge < -0.3 is 15.4 Å². The van der Waals surface area contributed by atoms with Gasteiger partial charge in [0.05, 0.1) is 17.3 Å². The van der Waals surface area contributed by atoms with Crippen molar-refractivity contribution in [3.63, 3.8) is 0 Å². The first-order valence-electron chi connectivity index (χ1n) is 10.8. The molecule has 0 bridgehead atoms. The third-order valence-corrected chi connectivity index (χ3v) is 6.52. The average Bonchev–Trinajstić information content (AvgIpc) is 3.17. The lowest BCUT2D eigenvalue weighted by molar-refractivity contribution is -0.123. The molecule has 3 heterocycles. The van der Waals surface area contributed by atoms with Gasteiger partial charge in [0.2, 0.25) is 11.8 Å². The number of pyridine rings is 1. The van der Waals surface area contributed by atoms with Crippen molar-refractivity contribution < 1.29 is 14.3 Å². The first-order chi connectivity index (χ1) is 14.9. The molecular weight excluding hydrogens is 418 g/mol. The number of aromatic nitrogens is 3. The van der Waals surface area contributed by atoms with Crippen LogP contribution < -0.4 is 10.6 Å². The lowest BCUT2D eigenvalue weighted by Gasteiger charge is -2.28. The van der Waals surface area contributed by atoms with Gasteiger partial charge in [0.15, 0.2) is 0 Å². The Morgan fingerprint density at radius 3 is 2.84 bits per heavy atom. The highest BCUT2D eigenvalue weighted by atomic mass is 35.5. The van der Waals surface area contributed by atoms with Crippen molar-refractivity contribution in [3.05, 3.63) is 29.2 Å². The van der Waals surface area contributed by atoms with Crippen molar-refractivity contribution in [2.45, 2.75) is 64.1 Å². The molecule has 1 aliphatic heterocycles. The highest BCUT2D eigenvalue weighted by Crippen LogP contribution is 2.34. The molecule has 166 valence electrons.